The number of halogens is 1. The van der Waals surface area contributed by atoms with Crippen LogP contribution in [0, 0.1) is 0 Å². The number of hydrogen-bond acceptors (Lipinski definition) is 5. The minimum atomic E-state index is -3.14. The van der Waals surface area contributed by atoms with Crippen LogP contribution >= 0.6 is 11.6 Å². The molecule has 0 N–H and O–H groups in total. The van der Waals surface area contributed by atoms with Crippen LogP contribution in [0.1, 0.15) is 6.92 Å². The van der Waals surface area contributed by atoms with Crippen LogP contribution in [0.15, 0.2) is 12.4 Å². The first kappa shape index (κ1) is 13.5. The maximum atomic E-state index is 11.5. The highest BCUT2D eigenvalue weighted by molar-refractivity contribution is 7.88. The normalized spacial score (nSPS) is 22.2. The van der Waals surface area contributed by atoms with Crippen molar-refractivity contribution in [2.24, 2.45) is 0 Å². The van der Waals surface area contributed by atoms with Gasteiger partial charge in [0.25, 0.3) is 0 Å². The molecule has 0 amide bonds. The van der Waals surface area contributed by atoms with Crippen LogP contribution in [0.25, 0.3) is 0 Å². The lowest BCUT2D eigenvalue weighted by Gasteiger charge is -2.38. The molecule has 100 valence electrons. The molecule has 0 unspecified atom stereocenters. The fourth-order valence-electron chi connectivity index (χ4n) is 2.08. The summed E-state index contributed by atoms with van der Waals surface area (Å²) in [6.07, 6.45) is 4.31. The van der Waals surface area contributed by atoms with Crippen LogP contribution < -0.4 is 4.90 Å². The number of piperazine rings is 1. The van der Waals surface area contributed by atoms with Crippen LogP contribution in [0.2, 0.25) is 5.02 Å². The van der Waals surface area contributed by atoms with Gasteiger partial charge in [-0.3, -0.25) is 0 Å². The molecule has 2 heterocycles. The Balaban J connectivity index is 2.11. The molecule has 1 aliphatic heterocycles. The Morgan fingerprint density at radius 3 is 2.44 bits per heavy atom. The van der Waals surface area contributed by atoms with E-state index in [-0.39, 0.29) is 6.04 Å². The zero-order valence-electron chi connectivity index (χ0n) is 10.2. The molecule has 8 heteroatoms. The topological polar surface area (TPSA) is 66.4 Å². The first-order valence-electron chi connectivity index (χ1n) is 5.57. The molecule has 1 aromatic heterocycles. The van der Waals surface area contributed by atoms with Gasteiger partial charge in [0, 0.05) is 25.7 Å². The van der Waals surface area contributed by atoms with Crippen LogP contribution in [-0.2, 0) is 10.0 Å². The van der Waals surface area contributed by atoms with Crippen LogP contribution in [0.3, 0.4) is 0 Å². The molecule has 2 rings (SSSR count). The summed E-state index contributed by atoms with van der Waals surface area (Å²) in [5, 5.41) is 0.488. The summed E-state index contributed by atoms with van der Waals surface area (Å²) in [5.74, 6) is 0.583. The van der Waals surface area contributed by atoms with Crippen LogP contribution in [-0.4, -0.2) is 54.6 Å². The Morgan fingerprint density at radius 2 is 1.94 bits per heavy atom. The summed E-state index contributed by atoms with van der Waals surface area (Å²) < 4.78 is 24.6. The third-order valence-corrected chi connectivity index (χ3v) is 4.47. The molecule has 18 heavy (non-hydrogen) atoms. The SMILES string of the molecule is C[C@H]1CN(c2ncc(Cl)cn2)CCN1S(C)(=O)=O. The Kier molecular flexibility index (Phi) is 3.74. The van der Waals surface area contributed by atoms with Gasteiger partial charge in [0.1, 0.15) is 0 Å². The lowest BCUT2D eigenvalue weighted by molar-refractivity contribution is 0.307. The summed E-state index contributed by atoms with van der Waals surface area (Å²) in [6.45, 7) is 3.49. The van der Waals surface area contributed by atoms with Gasteiger partial charge in [-0.15, -0.1) is 0 Å². The molecule has 1 saturated heterocycles. The predicted molar refractivity (Wildman–Crippen MR) is 70.3 cm³/mol. The second-order valence-corrected chi connectivity index (χ2v) is 6.74. The Labute approximate surface area is 112 Å². The molecule has 1 fully saturated rings. The second-order valence-electron chi connectivity index (χ2n) is 4.37. The molecule has 1 atom stereocenters. The average Bonchev–Trinajstić information content (AvgIpc) is 2.28. The van der Waals surface area contributed by atoms with E-state index in [0.717, 1.165) is 0 Å². The standard InChI is InChI=1S/C10H15ClN4O2S/c1-8-7-14(3-4-15(8)18(2,16)17)10-12-5-9(11)6-13-10/h5-6,8H,3-4,7H2,1-2H3/t8-/m0/s1. The van der Waals surface area contributed by atoms with Crippen molar-refractivity contribution in [1.82, 2.24) is 14.3 Å². The Bertz CT molecular complexity index is 519. The van der Waals surface area contributed by atoms with E-state index in [2.05, 4.69) is 9.97 Å². The number of rotatable bonds is 2. The number of nitrogens with zero attached hydrogens (tertiary/aromatic N) is 4. The van der Waals surface area contributed by atoms with Gasteiger partial charge in [-0.2, -0.15) is 4.31 Å². The highest BCUT2D eigenvalue weighted by atomic mass is 35.5. The van der Waals surface area contributed by atoms with E-state index in [1.54, 1.807) is 0 Å². The van der Waals surface area contributed by atoms with Crippen molar-refractivity contribution in [3.05, 3.63) is 17.4 Å². The van der Waals surface area contributed by atoms with E-state index in [1.165, 1.54) is 23.0 Å². The Hall–Kier alpha value is -0.920. The zero-order chi connectivity index (χ0) is 13.3. The van der Waals surface area contributed by atoms with Gasteiger partial charge in [-0.05, 0) is 6.92 Å². The summed E-state index contributed by atoms with van der Waals surface area (Å²) in [4.78, 5) is 10.2. The number of sulfonamides is 1. The lowest BCUT2D eigenvalue weighted by Crippen LogP contribution is -2.54. The fraction of sp³-hybridized carbons (Fsp3) is 0.600. The third kappa shape index (κ3) is 2.90. The third-order valence-electron chi connectivity index (χ3n) is 2.88. The van der Waals surface area contributed by atoms with Gasteiger partial charge in [0.2, 0.25) is 16.0 Å². The molecule has 1 aliphatic rings. The molecule has 0 bridgehead atoms. The zero-order valence-corrected chi connectivity index (χ0v) is 11.8. The van der Waals surface area contributed by atoms with Crippen molar-refractivity contribution in [3.63, 3.8) is 0 Å². The van der Waals surface area contributed by atoms with Crippen molar-refractivity contribution in [1.29, 1.82) is 0 Å². The molecular formula is C10H15ClN4O2S. The fourth-order valence-corrected chi connectivity index (χ4v) is 3.32. The van der Waals surface area contributed by atoms with E-state index >= 15 is 0 Å². The number of hydrogen-bond donors (Lipinski definition) is 0. The van der Waals surface area contributed by atoms with Gasteiger partial charge in [0.15, 0.2) is 0 Å². The predicted octanol–water partition coefficient (Wildman–Crippen LogP) is 0.600. The van der Waals surface area contributed by atoms with E-state index in [4.69, 9.17) is 11.6 Å². The van der Waals surface area contributed by atoms with E-state index in [1.807, 2.05) is 11.8 Å². The molecule has 0 saturated carbocycles. The molecule has 0 aromatic carbocycles. The van der Waals surface area contributed by atoms with Crippen molar-refractivity contribution in [3.8, 4) is 0 Å². The molecule has 0 radical (unpaired) electrons. The molecule has 0 aliphatic carbocycles. The molecule has 6 nitrogen and oxygen atoms in total. The average molecular weight is 291 g/mol. The van der Waals surface area contributed by atoms with Gasteiger partial charge < -0.3 is 4.90 Å². The highest BCUT2D eigenvalue weighted by Gasteiger charge is 2.30. The summed E-state index contributed by atoms with van der Waals surface area (Å²) in [6, 6.07) is -0.0898. The maximum Gasteiger partial charge on any atom is 0.225 e. The summed E-state index contributed by atoms with van der Waals surface area (Å²) in [7, 11) is -3.14. The van der Waals surface area contributed by atoms with Crippen molar-refractivity contribution >= 4 is 27.6 Å². The first-order valence-corrected chi connectivity index (χ1v) is 7.80. The van der Waals surface area contributed by atoms with Crippen molar-refractivity contribution in [2.45, 2.75) is 13.0 Å². The second kappa shape index (κ2) is 4.99. The van der Waals surface area contributed by atoms with Gasteiger partial charge in [0.05, 0.1) is 23.7 Å². The summed E-state index contributed by atoms with van der Waals surface area (Å²) >= 11 is 5.73. The summed E-state index contributed by atoms with van der Waals surface area (Å²) in [5.41, 5.74) is 0. The molecule has 0 spiro atoms. The minimum Gasteiger partial charge on any atom is -0.338 e. The number of anilines is 1. The van der Waals surface area contributed by atoms with Gasteiger partial charge in [-0.1, -0.05) is 11.6 Å². The molecular weight excluding hydrogens is 276 g/mol. The quantitative estimate of drug-likeness (QED) is 0.798. The number of aromatic nitrogens is 2. The van der Waals surface area contributed by atoms with E-state index in [9.17, 15) is 8.42 Å². The smallest absolute Gasteiger partial charge is 0.225 e. The highest BCUT2D eigenvalue weighted by Crippen LogP contribution is 2.17. The molecule has 1 aromatic rings. The van der Waals surface area contributed by atoms with Crippen LogP contribution in [0.4, 0.5) is 5.95 Å². The minimum absolute atomic E-state index is 0.0898. The van der Waals surface area contributed by atoms with Gasteiger partial charge in [-0.25, -0.2) is 18.4 Å². The van der Waals surface area contributed by atoms with Crippen molar-refractivity contribution in [2.75, 3.05) is 30.8 Å². The first-order chi connectivity index (χ1) is 8.38. The van der Waals surface area contributed by atoms with Crippen molar-refractivity contribution < 1.29 is 8.42 Å². The maximum absolute atomic E-state index is 11.5. The lowest BCUT2D eigenvalue weighted by atomic mass is 10.2. The Morgan fingerprint density at radius 1 is 1.33 bits per heavy atom. The van der Waals surface area contributed by atoms with E-state index < -0.39 is 10.0 Å². The van der Waals surface area contributed by atoms with Crippen LogP contribution in [0.5, 0.6) is 0 Å². The van der Waals surface area contributed by atoms with Gasteiger partial charge >= 0.3 is 0 Å². The largest absolute Gasteiger partial charge is 0.338 e. The van der Waals surface area contributed by atoms with E-state index in [0.29, 0.717) is 30.6 Å². The monoisotopic (exact) mass is 290 g/mol.